The Labute approximate surface area is 286 Å². The Bertz CT molecular complexity index is 1260. The van der Waals surface area contributed by atoms with Crippen LogP contribution < -0.4 is 0 Å². The molecule has 3 heterocycles. The van der Waals surface area contributed by atoms with Crippen LogP contribution in [-0.2, 0) is 40.2 Å². The molecule has 3 aromatic heterocycles. The molecular weight excluding hydrogens is 917 g/mol. The van der Waals surface area contributed by atoms with Crippen LogP contribution in [-0.4, -0.2) is 54.8 Å². The normalized spacial score (nSPS) is 12.6. The van der Waals surface area contributed by atoms with Gasteiger partial charge in [0.15, 0.2) is 0 Å². The van der Waals surface area contributed by atoms with Crippen molar-refractivity contribution in [2.45, 2.75) is 65.0 Å². The van der Waals surface area contributed by atoms with Crippen LogP contribution in [0, 0.1) is 12.1 Å². The van der Waals surface area contributed by atoms with Crippen molar-refractivity contribution in [1.29, 1.82) is 0 Å². The number of hydrogen-bond donors (Lipinski definition) is 4. The number of aliphatic hydroxyl groups is 4. The van der Waals surface area contributed by atoms with E-state index < -0.39 is 0 Å². The third-order valence-corrected chi connectivity index (χ3v) is 6.35. The number of aliphatic hydroxyl groups excluding tert-OH is 4. The fourth-order valence-corrected chi connectivity index (χ4v) is 4.57. The maximum Gasteiger partial charge on any atom is 0.0536 e. The van der Waals surface area contributed by atoms with Crippen LogP contribution in [0.2, 0.25) is 0 Å². The molecule has 0 spiro atoms. The fourth-order valence-electron chi connectivity index (χ4n) is 3.59. The molecule has 0 saturated carbocycles. The van der Waals surface area contributed by atoms with Crippen LogP contribution >= 0.6 is 11.3 Å². The molecule has 5 aromatic rings. The number of fused-ring (bicyclic) bond motifs is 1. The first-order valence-electron chi connectivity index (χ1n) is 13.6. The first-order valence-corrected chi connectivity index (χ1v) is 14.4. The topological polar surface area (TPSA) is 107 Å². The molecule has 43 heavy (non-hydrogen) atoms. The van der Waals surface area contributed by atoms with Crippen molar-refractivity contribution in [1.82, 2.24) is 9.97 Å². The minimum atomic E-state index is -0.375. The van der Waals surface area contributed by atoms with Crippen molar-refractivity contribution in [2.75, 3.05) is 0 Å². The molecule has 236 valence electrons. The Hall–Kier alpha value is -2.16. The molecule has 0 saturated heterocycles. The molecule has 2 aromatic carbocycles. The molecule has 0 aliphatic carbocycles. The van der Waals surface area contributed by atoms with E-state index in [1.165, 1.54) is 10.1 Å². The Balaban J connectivity index is 0.000000571. The zero-order chi connectivity index (χ0) is 30.0. The van der Waals surface area contributed by atoms with E-state index >= 15 is 0 Å². The fraction of sp³-hybridized carbons (Fsp3) is 0.294. The van der Waals surface area contributed by atoms with Crippen LogP contribution in [0.15, 0.2) is 97.3 Å². The number of aromatic nitrogens is 2. The van der Waals surface area contributed by atoms with Crippen LogP contribution in [0.5, 0.6) is 0 Å². The van der Waals surface area contributed by atoms with E-state index in [-0.39, 0.29) is 64.6 Å². The van der Waals surface area contributed by atoms with Gasteiger partial charge in [-0.15, -0.1) is 59.5 Å². The average molecular weight is 957 g/mol. The molecule has 4 unspecified atom stereocenters. The van der Waals surface area contributed by atoms with Gasteiger partial charge in [-0.1, -0.05) is 36.4 Å². The second kappa shape index (κ2) is 23.3. The van der Waals surface area contributed by atoms with Crippen molar-refractivity contribution in [3.8, 4) is 21.8 Å². The summed E-state index contributed by atoms with van der Waals surface area (Å²) in [7, 11) is 0. The summed E-state index contributed by atoms with van der Waals surface area (Å²) in [5.41, 5.74) is 3.01. The second-order valence-electron chi connectivity index (χ2n) is 9.63. The van der Waals surface area contributed by atoms with Gasteiger partial charge in [0.1, 0.15) is 0 Å². The van der Waals surface area contributed by atoms with Gasteiger partial charge >= 0.3 is 0 Å². The molecule has 4 N–H and O–H groups in total. The Morgan fingerprint density at radius 2 is 1.12 bits per heavy atom. The molecule has 4 atom stereocenters. The van der Waals surface area contributed by atoms with Crippen molar-refractivity contribution >= 4 is 21.4 Å². The molecular formula is C34H40Ir2N2O4S-2. The first kappa shape index (κ1) is 40.8. The summed E-state index contributed by atoms with van der Waals surface area (Å²) < 4.78 is 1.26. The van der Waals surface area contributed by atoms with Crippen molar-refractivity contribution < 1.29 is 60.6 Å². The monoisotopic (exact) mass is 958 g/mol. The molecule has 9 heteroatoms. The molecule has 2 radical (unpaired) electrons. The van der Waals surface area contributed by atoms with E-state index in [2.05, 4.69) is 40.3 Å². The summed E-state index contributed by atoms with van der Waals surface area (Å²) >= 11 is 1.73. The largest absolute Gasteiger partial charge is 0.393 e. The van der Waals surface area contributed by atoms with E-state index in [1.807, 2.05) is 72.9 Å². The summed E-state index contributed by atoms with van der Waals surface area (Å²) in [4.78, 5) is 9.65. The van der Waals surface area contributed by atoms with Gasteiger partial charge in [0.05, 0.1) is 24.4 Å². The number of hydrogen-bond acceptors (Lipinski definition) is 7. The Kier molecular flexibility index (Phi) is 22.1. The predicted octanol–water partition coefficient (Wildman–Crippen LogP) is 6.58. The van der Waals surface area contributed by atoms with Gasteiger partial charge in [-0.2, -0.15) is 0 Å². The average Bonchev–Trinajstić information content (AvgIpc) is 3.39. The van der Waals surface area contributed by atoms with Gasteiger partial charge in [0.2, 0.25) is 0 Å². The number of rotatable bonds is 6. The minimum absolute atomic E-state index is 0. The third-order valence-electron chi connectivity index (χ3n) is 5.26. The summed E-state index contributed by atoms with van der Waals surface area (Å²) in [6.07, 6.45) is 3.05. The summed E-state index contributed by atoms with van der Waals surface area (Å²) in [6, 6.07) is 34.4. The molecule has 0 fully saturated rings. The van der Waals surface area contributed by atoms with Gasteiger partial charge in [0, 0.05) is 58.3 Å². The maximum absolute atomic E-state index is 8.56. The SMILES string of the molecule is CC(O)CC(C)O.CC(O)CC(C)O.[Ir].[Ir].[c-]1c(-c2ccccn2)sc2ccccc12.[c-]1ccccc1-c1ccccn1. The van der Waals surface area contributed by atoms with Crippen molar-refractivity contribution in [2.24, 2.45) is 0 Å². The van der Waals surface area contributed by atoms with Gasteiger partial charge in [0.25, 0.3) is 0 Å². The van der Waals surface area contributed by atoms with Crippen LogP contribution in [0.25, 0.3) is 31.9 Å². The summed E-state index contributed by atoms with van der Waals surface area (Å²) in [5, 5.41) is 35.4. The van der Waals surface area contributed by atoms with Crippen molar-refractivity contribution in [3.63, 3.8) is 0 Å². The molecule has 0 bridgehead atoms. The summed E-state index contributed by atoms with van der Waals surface area (Å²) in [6.45, 7) is 6.64. The maximum atomic E-state index is 8.56. The van der Waals surface area contributed by atoms with E-state index in [0.29, 0.717) is 12.8 Å². The molecule has 5 rings (SSSR count). The standard InChI is InChI=1S/C13H8NS.C11H8N.2C5H12O2.2Ir/c1-2-7-12-10(5-1)9-13(15-12)11-6-3-4-8-14-11;1-2-6-10(7-3-1)11-8-4-5-9-12-11;2*1-4(6)3-5(2)7;;/h1-8H;1-6,8-9H;2*4-7H,3H2,1-2H3;;/q2*-1;;;;. The number of pyridine rings is 2. The van der Waals surface area contributed by atoms with Gasteiger partial charge in [-0.25, -0.2) is 11.3 Å². The van der Waals surface area contributed by atoms with E-state index in [1.54, 1.807) is 45.2 Å². The quantitative estimate of drug-likeness (QED) is 0.144. The van der Waals surface area contributed by atoms with Crippen LogP contribution in [0.4, 0.5) is 0 Å². The van der Waals surface area contributed by atoms with E-state index in [9.17, 15) is 0 Å². The van der Waals surface area contributed by atoms with Gasteiger partial charge in [-0.05, 0) is 67.9 Å². The molecule has 0 aliphatic heterocycles. The van der Waals surface area contributed by atoms with E-state index in [0.717, 1.165) is 21.8 Å². The van der Waals surface area contributed by atoms with Crippen LogP contribution in [0.1, 0.15) is 40.5 Å². The number of nitrogens with zero attached hydrogens (tertiary/aromatic N) is 2. The van der Waals surface area contributed by atoms with Crippen molar-refractivity contribution in [3.05, 3.63) is 109 Å². The van der Waals surface area contributed by atoms with Gasteiger partial charge < -0.3 is 30.4 Å². The Morgan fingerprint density at radius 1 is 0.628 bits per heavy atom. The smallest absolute Gasteiger partial charge is 0.0536 e. The zero-order valence-corrected chi connectivity index (χ0v) is 30.3. The zero-order valence-electron chi connectivity index (χ0n) is 24.7. The Morgan fingerprint density at radius 3 is 1.53 bits per heavy atom. The second-order valence-corrected chi connectivity index (χ2v) is 10.7. The number of benzene rings is 2. The number of thiophene rings is 1. The first-order chi connectivity index (χ1) is 19.7. The van der Waals surface area contributed by atoms with Gasteiger partial charge in [-0.3, -0.25) is 0 Å². The third kappa shape index (κ3) is 17.7. The summed E-state index contributed by atoms with van der Waals surface area (Å²) in [5.74, 6) is 0. The van der Waals surface area contributed by atoms with E-state index in [4.69, 9.17) is 20.4 Å². The molecule has 0 aliphatic rings. The molecule has 6 nitrogen and oxygen atoms in total. The minimum Gasteiger partial charge on any atom is -0.393 e. The predicted molar refractivity (Wildman–Crippen MR) is 168 cm³/mol. The van der Waals surface area contributed by atoms with Crippen LogP contribution in [0.3, 0.4) is 0 Å². The molecule has 0 amide bonds.